The number of hydrogen-bond acceptors (Lipinski definition) is 4. The lowest BCUT2D eigenvalue weighted by molar-refractivity contribution is -0.134. The first kappa shape index (κ1) is 19.9. The number of carbonyl (C=O) groups is 1. The largest absolute Gasteiger partial charge is 0.494 e. The van der Waals surface area contributed by atoms with Gasteiger partial charge in [0.15, 0.2) is 0 Å². The van der Waals surface area contributed by atoms with Crippen molar-refractivity contribution in [2.75, 3.05) is 6.61 Å². The number of para-hydroxylation sites is 1. The highest BCUT2D eigenvalue weighted by Gasteiger charge is 2.06. The number of rotatable bonds is 8. The van der Waals surface area contributed by atoms with Crippen molar-refractivity contribution >= 4 is 17.6 Å². The number of benzene rings is 3. The standard InChI is InChI=1S/C25H21NO3/c26-19-22(21-10-3-1-4-11-21)17-20-9-7-14-24(18-20)29-25(27)15-8-16-28-23-12-5-2-6-13-23/h1-7,9-14,17-18H,8,15-16H2/b22-17-. The molecule has 0 aliphatic carbocycles. The molecule has 3 aromatic carbocycles. The van der Waals surface area contributed by atoms with Crippen LogP contribution in [0.3, 0.4) is 0 Å². The smallest absolute Gasteiger partial charge is 0.311 e. The minimum atomic E-state index is -0.314. The van der Waals surface area contributed by atoms with Crippen LogP contribution in [0.5, 0.6) is 11.5 Å². The van der Waals surface area contributed by atoms with Gasteiger partial charge in [-0.25, -0.2) is 0 Å². The molecule has 144 valence electrons. The predicted octanol–water partition coefficient (Wildman–Crippen LogP) is 5.52. The first-order valence-electron chi connectivity index (χ1n) is 9.40. The molecule has 4 nitrogen and oxygen atoms in total. The minimum Gasteiger partial charge on any atom is -0.494 e. The van der Waals surface area contributed by atoms with Gasteiger partial charge in [-0.1, -0.05) is 60.7 Å². The van der Waals surface area contributed by atoms with E-state index in [0.717, 1.165) is 16.9 Å². The van der Waals surface area contributed by atoms with Crippen LogP contribution < -0.4 is 9.47 Å². The molecule has 0 aliphatic rings. The summed E-state index contributed by atoms with van der Waals surface area (Å²) in [5, 5.41) is 9.44. The fourth-order valence-electron chi connectivity index (χ4n) is 2.74. The first-order valence-corrected chi connectivity index (χ1v) is 9.40. The van der Waals surface area contributed by atoms with E-state index in [9.17, 15) is 10.1 Å². The Bertz CT molecular complexity index is 1000. The zero-order valence-corrected chi connectivity index (χ0v) is 16.0. The van der Waals surface area contributed by atoms with Gasteiger partial charge in [0, 0.05) is 6.42 Å². The summed E-state index contributed by atoms with van der Waals surface area (Å²) in [4.78, 5) is 12.1. The Morgan fingerprint density at radius 3 is 2.31 bits per heavy atom. The van der Waals surface area contributed by atoms with E-state index in [-0.39, 0.29) is 12.4 Å². The lowest BCUT2D eigenvalue weighted by atomic mass is 10.0. The number of allylic oxidation sites excluding steroid dienone is 1. The van der Waals surface area contributed by atoms with Crippen LogP contribution in [0.15, 0.2) is 84.9 Å². The fourth-order valence-corrected chi connectivity index (χ4v) is 2.74. The summed E-state index contributed by atoms with van der Waals surface area (Å²) in [6.45, 7) is 0.449. The maximum absolute atomic E-state index is 12.1. The highest BCUT2D eigenvalue weighted by molar-refractivity contribution is 5.89. The summed E-state index contributed by atoms with van der Waals surface area (Å²) in [7, 11) is 0. The molecule has 0 spiro atoms. The number of esters is 1. The molecule has 3 aromatic rings. The molecular weight excluding hydrogens is 362 g/mol. The molecule has 0 unspecified atom stereocenters. The van der Waals surface area contributed by atoms with E-state index in [0.29, 0.717) is 24.4 Å². The van der Waals surface area contributed by atoms with E-state index in [1.54, 1.807) is 24.3 Å². The van der Waals surface area contributed by atoms with E-state index in [2.05, 4.69) is 6.07 Å². The Hall–Kier alpha value is -3.84. The molecule has 0 N–H and O–H groups in total. The Balaban J connectivity index is 1.54. The first-order chi connectivity index (χ1) is 14.2. The van der Waals surface area contributed by atoms with Gasteiger partial charge in [0.1, 0.15) is 11.5 Å². The summed E-state index contributed by atoms with van der Waals surface area (Å²) in [5.74, 6) is 0.927. The Labute approximate surface area is 170 Å². The summed E-state index contributed by atoms with van der Waals surface area (Å²) in [6.07, 6.45) is 2.61. The van der Waals surface area contributed by atoms with Crippen molar-refractivity contribution in [3.05, 3.63) is 96.1 Å². The molecule has 0 atom stereocenters. The van der Waals surface area contributed by atoms with Crippen molar-refractivity contribution in [1.82, 2.24) is 0 Å². The van der Waals surface area contributed by atoms with Crippen LogP contribution in [0.25, 0.3) is 11.6 Å². The van der Waals surface area contributed by atoms with Crippen LogP contribution in [-0.4, -0.2) is 12.6 Å². The monoisotopic (exact) mass is 383 g/mol. The molecule has 29 heavy (non-hydrogen) atoms. The quantitative estimate of drug-likeness (QED) is 0.169. The molecule has 0 saturated heterocycles. The van der Waals surface area contributed by atoms with Crippen LogP contribution >= 0.6 is 0 Å². The van der Waals surface area contributed by atoms with Crippen LogP contribution in [0, 0.1) is 11.3 Å². The molecule has 0 bridgehead atoms. The maximum Gasteiger partial charge on any atom is 0.311 e. The maximum atomic E-state index is 12.1. The third kappa shape index (κ3) is 6.37. The fraction of sp³-hybridized carbons (Fsp3) is 0.120. The van der Waals surface area contributed by atoms with Crippen molar-refractivity contribution in [1.29, 1.82) is 5.26 Å². The molecule has 0 aromatic heterocycles. The molecular formula is C25H21NO3. The number of nitriles is 1. The highest BCUT2D eigenvalue weighted by atomic mass is 16.5. The summed E-state index contributed by atoms with van der Waals surface area (Å²) in [6, 6.07) is 28.3. The van der Waals surface area contributed by atoms with Crippen LogP contribution in [0.1, 0.15) is 24.0 Å². The van der Waals surface area contributed by atoms with Gasteiger partial charge < -0.3 is 9.47 Å². The van der Waals surface area contributed by atoms with E-state index in [1.807, 2.05) is 66.7 Å². The zero-order chi connectivity index (χ0) is 20.3. The Morgan fingerprint density at radius 1 is 0.897 bits per heavy atom. The summed E-state index contributed by atoms with van der Waals surface area (Å²) >= 11 is 0. The van der Waals surface area contributed by atoms with Crippen molar-refractivity contribution in [2.24, 2.45) is 0 Å². The topological polar surface area (TPSA) is 59.3 Å². The van der Waals surface area contributed by atoms with Gasteiger partial charge in [-0.15, -0.1) is 0 Å². The third-order valence-corrected chi connectivity index (χ3v) is 4.14. The molecule has 0 aliphatic heterocycles. The van der Waals surface area contributed by atoms with Gasteiger partial charge in [0.2, 0.25) is 0 Å². The zero-order valence-electron chi connectivity index (χ0n) is 16.0. The number of ether oxygens (including phenoxy) is 2. The second-order valence-electron chi connectivity index (χ2n) is 6.35. The molecule has 0 amide bonds. The SMILES string of the molecule is N#C/C(=C/c1cccc(OC(=O)CCCOc2ccccc2)c1)c1ccccc1. The Kier molecular flexibility index (Phi) is 7.20. The second-order valence-corrected chi connectivity index (χ2v) is 6.35. The predicted molar refractivity (Wildman–Crippen MR) is 113 cm³/mol. The molecule has 4 heteroatoms. The average Bonchev–Trinajstić information content (AvgIpc) is 2.77. The minimum absolute atomic E-state index is 0.264. The molecule has 0 saturated carbocycles. The normalized spacial score (nSPS) is 10.8. The lowest BCUT2D eigenvalue weighted by Gasteiger charge is -2.07. The number of hydrogen-bond donors (Lipinski definition) is 0. The van der Waals surface area contributed by atoms with E-state index in [1.165, 1.54) is 0 Å². The van der Waals surface area contributed by atoms with Crippen molar-refractivity contribution in [2.45, 2.75) is 12.8 Å². The van der Waals surface area contributed by atoms with Crippen molar-refractivity contribution in [3.63, 3.8) is 0 Å². The van der Waals surface area contributed by atoms with E-state index in [4.69, 9.17) is 9.47 Å². The van der Waals surface area contributed by atoms with Crippen molar-refractivity contribution in [3.8, 4) is 17.6 Å². The Morgan fingerprint density at radius 2 is 1.59 bits per heavy atom. The van der Waals surface area contributed by atoms with Gasteiger partial charge in [0.25, 0.3) is 0 Å². The van der Waals surface area contributed by atoms with E-state index < -0.39 is 0 Å². The lowest BCUT2D eigenvalue weighted by Crippen LogP contribution is -2.10. The average molecular weight is 383 g/mol. The molecule has 0 radical (unpaired) electrons. The van der Waals surface area contributed by atoms with Gasteiger partial charge in [-0.2, -0.15) is 5.26 Å². The second kappa shape index (κ2) is 10.5. The molecule has 0 fully saturated rings. The number of carbonyl (C=O) groups excluding carboxylic acids is 1. The van der Waals surface area contributed by atoms with Gasteiger partial charge in [-0.3, -0.25) is 4.79 Å². The number of nitrogens with zero attached hydrogens (tertiary/aromatic N) is 1. The van der Waals surface area contributed by atoms with Crippen LogP contribution in [-0.2, 0) is 4.79 Å². The van der Waals surface area contributed by atoms with Gasteiger partial charge in [-0.05, 0) is 47.9 Å². The van der Waals surface area contributed by atoms with Crippen molar-refractivity contribution < 1.29 is 14.3 Å². The van der Waals surface area contributed by atoms with E-state index >= 15 is 0 Å². The summed E-state index contributed by atoms with van der Waals surface area (Å²) < 4.78 is 11.0. The highest BCUT2D eigenvalue weighted by Crippen LogP contribution is 2.21. The van der Waals surface area contributed by atoms with Gasteiger partial charge >= 0.3 is 5.97 Å². The van der Waals surface area contributed by atoms with Gasteiger partial charge in [0.05, 0.1) is 18.2 Å². The van der Waals surface area contributed by atoms with Crippen LogP contribution in [0.4, 0.5) is 0 Å². The third-order valence-electron chi connectivity index (χ3n) is 4.14. The summed E-state index contributed by atoms with van der Waals surface area (Å²) in [5.41, 5.74) is 2.19. The van der Waals surface area contributed by atoms with Crippen LogP contribution in [0.2, 0.25) is 0 Å². The molecule has 0 heterocycles. The molecule has 3 rings (SSSR count).